The van der Waals surface area contributed by atoms with Crippen LogP contribution in [0, 0.1) is 5.82 Å². The van der Waals surface area contributed by atoms with Gasteiger partial charge in [0.15, 0.2) is 11.5 Å². The average Bonchev–Trinajstić information content (AvgIpc) is 2.58. The smallest absolute Gasteiger partial charge is 0.220 e. The summed E-state index contributed by atoms with van der Waals surface area (Å²) in [5, 5.41) is 2.73. The van der Waals surface area contributed by atoms with Crippen molar-refractivity contribution in [1.29, 1.82) is 0 Å². The molecule has 122 valence electrons. The molecule has 23 heavy (non-hydrogen) atoms. The number of rotatable bonds is 7. The summed E-state index contributed by atoms with van der Waals surface area (Å²) < 4.78 is 23.9. The van der Waals surface area contributed by atoms with E-state index in [1.54, 1.807) is 32.4 Å². The molecule has 2 aromatic carbocycles. The molecule has 2 aromatic rings. The average molecular weight is 317 g/mol. The number of methoxy groups -OCH3 is 2. The molecule has 0 aliphatic rings. The first-order valence-electron chi connectivity index (χ1n) is 7.35. The summed E-state index contributed by atoms with van der Waals surface area (Å²) in [6.07, 6.45) is 0.896. The second-order valence-corrected chi connectivity index (χ2v) is 5.06. The molecule has 0 atom stereocenters. The number of carbonyl (C=O) groups is 1. The van der Waals surface area contributed by atoms with Gasteiger partial charge in [-0.3, -0.25) is 4.79 Å². The molecule has 0 fully saturated rings. The Morgan fingerprint density at radius 2 is 1.83 bits per heavy atom. The number of aryl methyl sites for hydroxylation is 1. The Balaban J connectivity index is 1.86. The largest absolute Gasteiger partial charge is 0.493 e. The van der Waals surface area contributed by atoms with Crippen molar-refractivity contribution in [3.05, 3.63) is 59.4 Å². The Bertz CT molecular complexity index is 673. The first kappa shape index (κ1) is 16.8. The van der Waals surface area contributed by atoms with Crippen molar-refractivity contribution in [3.8, 4) is 11.5 Å². The van der Waals surface area contributed by atoms with Gasteiger partial charge in [-0.25, -0.2) is 4.39 Å². The van der Waals surface area contributed by atoms with Gasteiger partial charge in [0.25, 0.3) is 0 Å². The van der Waals surface area contributed by atoms with Crippen molar-refractivity contribution in [1.82, 2.24) is 5.32 Å². The van der Waals surface area contributed by atoms with Crippen molar-refractivity contribution < 1.29 is 18.7 Å². The lowest BCUT2D eigenvalue weighted by atomic mass is 10.1. The third kappa shape index (κ3) is 4.71. The molecule has 0 saturated carbocycles. The predicted molar refractivity (Wildman–Crippen MR) is 86.1 cm³/mol. The lowest BCUT2D eigenvalue weighted by molar-refractivity contribution is -0.121. The van der Waals surface area contributed by atoms with E-state index in [2.05, 4.69) is 5.32 Å². The monoisotopic (exact) mass is 317 g/mol. The fraction of sp³-hybridized carbons (Fsp3) is 0.278. The summed E-state index contributed by atoms with van der Waals surface area (Å²) in [5.41, 5.74) is 1.45. The normalized spacial score (nSPS) is 10.2. The van der Waals surface area contributed by atoms with Crippen molar-refractivity contribution >= 4 is 5.91 Å². The minimum absolute atomic E-state index is 0.122. The van der Waals surface area contributed by atoms with Crippen molar-refractivity contribution in [2.75, 3.05) is 14.2 Å². The highest BCUT2D eigenvalue weighted by Gasteiger charge is 2.08. The van der Waals surface area contributed by atoms with E-state index in [4.69, 9.17) is 9.47 Å². The summed E-state index contributed by atoms with van der Waals surface area (Å²) in [7, 11) is 3.15. The number of hydrogen-bond acceptors (Lipinski definition) is 3. The minimum Gasteiger partial charge on any atom is -0.493 e. The molecule has 0 spiro atoms. The Labute approximate surface area is 135 Å². The van der Waals surface area contributed by atoms with E-state index in [0.29, 0.717) is 29.9 Å². The quantitative estimate of drug-likeness (QED) is 0.853. The summed E-state index contributed by atoms with van der Waals surface area (Å²) in [5.74, 6) is 0.854. The zero-order valence-corrected chi connectivity index (χ0v) is 13.3. The minimum atomic E-state index is -0.312. The first-order chi connectivity index (χ1) is 11.1. The number of halogens is 1. The molecule has 1 N–H and O–H groups in total. The van der Waals surface area contributed by atoms with Crippen LogP contribution in [0.2, 0.25) is 0 Å². The number of carbonyl (C=O) groups excluding carboxylic acids is 1. The maximum absolute atomic E-state index is 13.5. The number of amides is 1. The zero-order valence-electron chi connectivity index (χ0n) is 13.3. The van der Waals surface area contributed by atoms with Gasteiger partial charge in [-0.2, -0.15) is 0 Å². The van der Waals surface area contributed by atoms with Gasteiger partial charge in [0, 0.05) is 18.5 Å². The number of benzene rings is 2. The third-order valence-corrected chi connectivity index (χ3v) is 3.52. The SMILES string of the molecule is COc1ccc(CCC(=O)NCc2ccccc2F)cc1OC. The van der Waals surface area contributed by atoms with E-state index in [9.17, 15) is 9.18 Å². The zero-order chi connectivity index (χ0) is 16.7. The van der Waals surface area contributed by atoms with Crippen LogP contribution in [-0.2, 0) is 17.8 Å². The van der Waals surface area contributed by atoms with E-state index in [1.807, 2.05) is 18.2 Å². The van der Waals surface area contributed by atoms with Gasteiger partial charge in [0.2, 0.25) is 5.91 Å². The van der Waals surface area contributed by atoms with Crippen LogP contribution in [0.3, 0.4) is 0 Å². The van der Waals surface area contributed by atoms with Gasteiger partial charge in [-0.05, 0) is 30.2 Å². The number of ether oxygens (including phenoxy) is 2. The Morgan fingerprint density at radius 1 is 1.09 bits per heavy atom. The predicted octanol–water partition coefficient (Wildman–Crippen LogP) is 3.09. The fourth-order valence-corrected chi connectivity index (χ4v) is 2.22. The van der Waals surface area contributed by atoms with Crippen LogP contribution in [0.1, 0.15) is 17.5 Å². The Kier molecular flexibility index (Phi) is 5.97. The lowest BCUT2D eigenvalue weighted by Crippen LogP contribution is -2.23. The molecule has 2 rings (SSSR count). The van der Waals surface area contributed by atoms with E-state index < -0.39 is 0 Å². The summed E-state index contributed by atoms with van der Waals surface area (Å²) >= 11 is 0. The third-order valence-electron chi connectivity index (χ3n) is 3.52. The van der Waals surface area contributed by atoms with Crippen LogP contribution in [0.15, 0.2) is 42.5 Å². The molecule has 0 aromatic heterocycles. The molecule has 4 nitrogen and oxygen atoms in total. The van der Waals surface area contributed by atoms with Crippen LogP contribution < -0.4 is 14.8 Å². The number of hydrogen-bond donors (Lipinski definition) is 1. The van der Waals surface area contributed by atoms with Gasteiger partial charge in [0.05, 0.1) is 14.2 Å². The summed E-state index contributed by atoms with van der Waals surface area (Å²) in [4.78, 5) is 11.9. The summed E-state index contributed by atoms with van der Waals surface area (Å²) in [6.45, 7) is 0.192. The topological polar surface area (TPSA) is 47.6 Å². The van der Waals surface area contributed by atoms with Crippen LogP contribution in [0.4, 0.5) is 4.39 Å². The molecule has 0 aliphatic heterocycles. The van der Waals surface area contributed by atoms with Gasteiger partial charge in [-0.1, -0.05) is 24.3 Å². The van der Waals surface area contributed by atoms with Gasteiger partial charge in [0.1, 0.15) is 5.82 Å². The van der Waals surface area contributed by atoms with E-state index >= 15 is 0 Å². The molecule has 1 amide bonds. The highest BCUT2D eigenvalue weighted by atomic mass is 19.1. The second kappa shape index (κ2) is 8.17. The van der Waals surface area contributed by atoms with Crippen molar-refractivity contribution in [2.24, 2.45) is 0 Å². The highest BCUT2D eigenvalue weighted by Crippen LogP contribution is 2.27. The maximum Gasteiger partial charge on any atom is 0.220 e. The van der Waals surface area contributed by atoms with Crippen LogP contribution in [0.5, 0.6) is 11.5 Å². The molecule has 0 heterocycles. The van der Waals surface area contributed by atoms with Crippen LogP contribution in [-0.4, -0.2) is 20.1 Å². The van der Waals surface area contributed by atoms with E-state index in [-0.39, 0.29) is 18.3 Å². The van der Waals surface area contributed by atoms with Crippen molar-refractivity contribution in [2.45, 2.75) is 19.4 Å². The molecule has 0 unspecified atom stereocenters. The lowest BCUT2D eigenvalue weighted by Gasteiger charge is -2.10. The summed E-state index contributed by atoms with van der Waals surface area (Å²) in [6, 6.07) is 12.0. The molecular weight excluding hydrogens is 297 g/mol. The second-order valence-electron chi connectivity index (χ2n) is 5.06. The standard InChI is InChI=1S/C18H20FNO3/c1-22-16-9-7-13(11-17(16)23-2)8-10-18(21)20-12-14-5-3-4-6-15(14)19/h3-7,9,11H,8,10,12H2,1-2H3,(H,20,21). The van der Waals surface area contributed by atoms with Gasteiger partial charge >= 0.3 is 0 Å². The van der Waals surface area contributed by atoms with Gasteiger partial charge < -0.3 is 14.8 Å². The van der Waals surface area contributed by atoms with E-state index in [1.165, 1.54) is 6.07 Å². The van der Waals surface area contributed by atoms with Crippen LogP contribution >= 0.6 is 0 Å². The molecule has 0 aliphatic carbocycles. The first-order valence-corrected chi connectivity index (χ1v) is 7.35. The Hall–Kier alpha value is -2.56. The molecule has 0 radical (unpaired) electrons. The highest BCUT2D eigenvalue weighted by molar-refractivity contribution is 5.76. The van der Waals surface area contributed by atoms with E-state index in [0.717, 1.165) is 5.56 Å². The fourth-order valence-electron chi connectivity index (χ4n) is 2.22. The maximum atomic E-state index is 13.5. The number of nitrogens with one attached hydrogen (secondary N) is 1. The molecule has 5 heteroatoms. The van der Waals surface area contributed by atoms with Crippen molar-refractivity contribution in [3.63, 3.8) is 0 Å². The molecule has 0 saturated heterocycles. The van der Waals surface area contributed by atoms with Crippen LogP contribution in [0.25, 0.3) is 0 Å². The van der Waals surface area contributed by atoms with Gasteiger partial charge in [-0.15, -0.1) is 0 Å². The Morgan fingerprint density at radius 3 is 2.52 bits per heavy atom. The molecular formula is C18H20FNO3. The molecule has 0 bridgehead atoms.